The van der Waals surface area contributed by atoms with Crippen molar-refractivity contribution in [3.63, 3.8) is 0 Å². The molecule has 2 atom stereocenters. The van der Waals surface area contributed by atoms with Gasteiger partial charge in [-0.1, -0.05) is 0 Å². The van der Waals surface area contributed by atoms with Gasteiger partial charge in [0, 0.05) is 11.7 Å². The maximum absolute atomic E-state index is 12.4. The minimum atomic E-state index is -4.33. The van der Waals surface area contributed by atoms with Crippen molar-refractivity contribution in [2.24, 2.45) is 5.92 Å². The van der Waals surface area contributed by atoms with E-state index < -0.39 is 17.7 Å². The molecule has 0 bridgehead atoms. The lowest BCUT2D eigenvalue weighted by molar-refractivity contribution is -0.141. The number of halogens is 3. The largest absolute Gasteiger partial charge is 0.481 e. The van der Waals surface area contributed by atoms with Gasteiger partial charge in [-0.05, 0) is 43.5 Å². The van der Waals surface area contributed by atoms with Crippen molar-refractivity contribution in [3.05, 3.63) is 29.8 Å². The van der Waals surface area contributed by atoms with Crippen LogP contribution in [0.4, 0.5) is 18.9 Å². The highest BCUT2D eigenvalue weighted by Gasteiger charge is 2.31. The average Bonchev–Trinajstić information content (AvgIpc) is 2.77. The Morgan fingerprint density at radius 3 is 2.32 bits per heavy atom. The van der Waals surface area contributed by atoms with Crippen LogP contribution in [0.3, 0.4) is 0 Å². The fourth-order valence-corrected chi connectivity index (χ4v) is 2.33. The van der Waals surface area contributed by atoms with Gasteiger partial charge in [0.25, 0.3) is 0 Å². The first-order valence-electron chi connectivity index (χ1n) is 6.03. The average molecular weight is 273 g/mol. The molecule has 6 heteroatoms. The van der Waals surface area contributed by atoms with Crippen molar-refractivity contribution >= 4 is 11.7 Å². The number of carboxylic acids is 1. The summed E-state index contributed by atoms with van der Waals surface area (Å²) < 4.78 is 37.1. The molecular weight excluding hydrogens is 259 g/mol. The summed E-state index contributed by atoms with van der Waals surface area (Å²) in [6, 6.07) is 4.80. The van der Waals surface area contributed by atoms with Crippen molar-refractivity contribution in [1.82, 2.24) is 0 Å². The monoisotopic (exact) mass is 273 g/mol. The summed E-state index contributed by atoms with van der Waals surface area (Å²) in [5.41, 5.74) is -0.100. The standard InChI is InChI=1S/C13H14F3NO2/c14-13(15,16)9-2-5-10(6-3-9)17-11-4-1-8(7-11)12(18)19/h2-3,5-6,8,11,17H,1,4,7H2,(H,18,19). The zero-order valence-electron chi connectivity index (χ0n) is 10.1. The first kappa shape index (κ1) is 13.7. The number of nitrogens with one attached hydrogen (secondary N) is 1. The number of hydrogen-bond acceptors (Lipinski definition) is 2. The summed E-state index contributed by atoms with van der Waals surface area (Å²) in [7, 11) is 0. The quantitative estimate of drug-likeness (QED) is 0.887. The SMILES string of the molecule is O=C(O)C1CCC(Nc2ccc(C(F)(F)F)cc2)C1. The van der Waals surface area contributed by atoms with E-state index in [1.54, 1.807) is 0 Å². The second-order valence-corrected chi connectivity index (χ2v) is 4.76. The maximum atomic E-state index is 12.4. The van der Waals surface area contributed by atoms with E-state index in [9.17, 15) is 18.0 Å². The Balaban J connectivity index is 1.96. The van der Waals surface area contributed by atoms with Gasteiger partial charge in [0.2, 0.25) is 0 Å². The molecule has 104 valence electrons. The molecular formula is C13H14F3NO2. The smallest absolute Gasteiger partial charge is 0.416 e. The van der Waals surface area contributed by atoms with Gasteiger partial charge in [-0.3, -0.25) is 4.79 Å². The molecule has 0 heterocycles. The highest BCUT2D eigenvalue weighted by atomic mass is 19.4. The van der Waals surface area contributed by atoms with Gasteiger partial charge in [0.1, 0.15) is 0 Å². The van der Waals surface area contributed by atoms with Gasteiger partial charge in [-0.25, -0.2) is 0 Å². The predicted octanol–water partition coefficient (Wildman–Crippen LogP) is 3.37. The lowest BCUT2D eigenvalue weighted by atomic mass is 10.1. The van der Waals surface area contributed by atoms with E-state index in [4.69, 9.17) is 5.11 Å². The predicted molar refractivity (Wildman–Crippen MR) is 63.8 cm³/mol. The summed E-state index contributed by atoms with van der Waals surface area (Å²) in [4.78, 5) is 10.8. The molecule has 1 aliphatic carbocycles. The van der Waals surface area contributed by atoms with E-state index >= 15 is 0 Å². The second kappa shape index (κ2) is 5.11. The highest BCUT2D eigenvalue weighted by Crippen LogP contribution is 2.31. The van der Waals surface area contributed by atoms with E-state index in [1.165, 1.54) is 12.1 Å². The van der Waals surface area contributed by atoms with Crippen LogP contribution < -0.4 is 5.32 Å². The zero-order valence-corrected chi connectivity index (χ0v) is 10.1. The second-order valence-electron chi connectivity index (χ2n) is 4.76. The summed E-state index contributed by atoms with van der Waals surface area (Å²) in [6.07, 6.45) is -2.50. The zero-order chi connectivity index (χ0) is 14.0. The number of carbonyl (C=O) groups is 1. The van der Waals surface area contributed by atoms with Crippen LogP contribution >= 0.6 is 0 Å². The molecule has 2 rings (SSSR count). The third-order valence-corrected chi connectivity index (χ3v) is 3.36. The van der Waals surface area contributed by atoms with Crippen LogP contribution in [-0.2, 0) is 11.0 Å². The number of rotatable bonds is 3. The fraction of sp³-hybridized carbons (Fsp3) is 0.462. The maximum Gasteiger partial charge on any atom is 0.416 e. The van der Waals surface area contributed by atoms with Crippen LogP contribution in [-0.4, -0.2) is 17.1 Å². The van der Waals surface area contributed by atoms with Crippen LogP contribution in [0.2, 0.25) is 0 Å². The van der Waals surface area contributed by atoms with Crippen LogP contribution in [0, 0.1) is 5.92 Å². The molecule has 1 aromatic carbocycles. The molecule has 0 radical (unpaired) electrons. The van der Waals surface area contributed by atoms with Gasteiger partial charge in [0.15, 0.2) is 0 Å². The van der Waals surface area contributed by atoms with Gasteiger partial charge in [-0.2, -0.15) is 13.2 Å². The lowest BCUT2D eigenvalue weighted by Gasteiger charge is -2.14. The number of hydrogen-bond donors (Lipinski definition) is 2. The number of carboxylic acid groups (broad SMARTS) is 1. The molecule has 1 saturated carbocycles. The number of aliphatic carboxylic acids is 1. The molecule has 0 aromatic heterocycles. The third kappa shape index (κ3) is 3.39. The molecule has 0 spiro atoms. The van der Waals surface area contributed by atoms with Crippen molar-refractivity contribution < 1.29 is 23.1 Å². The van der Waals surface area contributed by atoms with E-state index in [0.717, 1.165) is 18.6 Å². The van der Waals surface area contributed by atoms with Crippen molar-refractivity contribution in [2.45, 2.75) is 31.5 Å². The molecule has 0 amide bonds. The minimum absolute atomic E-state index is 0.0119. The Kier molecular flexibility index (Phi) is 3.68. The summed E-state index contributed by atoms with van der Waals surface area (Å²) >= 11 is 0. The van der Waals surface area contributed by atoms with Crippen LogP contribution in [0.15, 0.2) is 24.3 Å². The first-order valence-corrected chi connectivity index (χ1v) is 6.03. The summed E-state index contributed by atoms with van der Waals surface area (Å²) in [6.45, 7) is 0. The van der Waals surface area contributed by atoms with Gasteiger partial charge < -0.3 is 10.4 Å². The van der Waals surface area contributed by atoms with Crippen molar-refractivity contribution in [1.29, 1.82) is 0 Å². The van der Waals surface area contributed by atoms with Crippen LogP contribution in [0.25, 0.3) is 0 Å². The van der Waals surface area contributed by atoms with Gasteiger partial charge in [0.05, 0.1) is 11.5 Å². The Morgan fingerprint density at radius 1 is 1.21 bits per heavy atom. The van der Waals surface area contributed by atoms with E-state index in [2.05, 4.69) is 5.32 Å². The van der Waals surface area contributed by atoms with E-state index in [1.807, 2.05) is 0 Å². The lowest BCUT2D eigenvalue weighted by Crippen LogP contribution is -2.18. The van der Waals surface area contributed by atoms with Gasteiger partial charge in [-0.15, -0.1) is 0 Å². The molecule has 19 heavy (non-hydrogen) atoms. The molecule has 3 nitrogen and oxygen atoms in total. The first-order chi connectivity index (χ1) is 8.86. The molecule has 0 aliphatic heterocycles. The number of anilines is 1. The third-order valence-electron chi connectivity index (χ3n) is 3.36. The Hall–Kier alpha value is -1.72. The molecule has 2 N–H and O–H groups in total. The Bertz CT molecular complexity index is 456. The fourth-order valence-electron chi connectivity index (χ4n) is 2.33. The minimum Gasteiger partial charge on any atom is -0.481 e. The molecule has 2 unspecified atom stereocenters. The van der Waals surface area contributed by atoms with Crippen molar-refractivity contribution in [2.75, 3.05) is 5.32 Å². The van der Waals surface area contributed by atoms with E-state index in [0.29, 0.717) is 18.5 Å². The number of benzene rings is 1. The van der Waals surface area contributed by atoms with E-state index in [-0.39, 0.29) is 12.0 Å². The van der Waals surface area contributed by atoms with Crippen LogP contribution in [0.5, 0.6) is 0 Å². The Labute approximate surface area is 108 Å². The topological polar surface area (TPSA) is 49.3 Å². The molecule has 1 fully saturated rings. The highest BCUT2D eigenvalue weighted by molar-refractivity contribution is 5.70. The van der Waals surface area contributed by atoms with Crippen molar-refractivity contribution in [3.8, 4) is 0 Å². The Morgan fingerprint density at radius 2 is 1.84 bits per heavy atom. The molecule has 0 saturated heterocycles. The summed E-state index contributed by atoms with van der Waals surface area (Å²) in [5, 5.41) is 11.9. The number of alkyl halides is 3. The van der Waals surface area contributed by atoms with Gasteiger partial charge >= 0.3 is 12.1 Å². The molecule has 1 aliphatic rings. The molecule has 1 aromatic rings. The summed E-state index contributed by atoms with van der Waals surface area (Å²) in [5.74, 6) is -1.16. The normalized spacial score (nSPS) is 23.3. The van der Waals surface area contributed by atoms with Crippen LogP contribution in [0.1, 0.15) is 24.8 Å².